The number of rotatable bonds is 4. The maximum absolute atomic E-state index is 12.6. The van der Waals surface area contributed by atoms with Crippen molar-refractivity contribution >= 4 is 23.3 Å². The number of likely N-dealkylation sites (tertiary alicyclic amines) is 1. The van der Waals surface area contributed by atoms with E-state index < -0.39 is 0 Å². The van der Waals surface area contributed by atoms with Crippen molar-refractivity contribution in [3.63, 3.8) is 0 Å². The van der Waals surface area contributed by atoms with Gasteiger partial charge < -0.3 is 4.90 Å². The monoisotopic (exact) mass is 367 g/mol. The Morgan fingerprint density at radius 3 is 2.46 bits per heavy atom. The molecule has 1 aromatic carbocycles. The van der Waals surface area contributed by atoms with Crippen LogP contribution < -0.4 is 0 Å². The molecule has 136 valence electrons. The number of amides is 1. The van der Waals surface area contributed by atoms with E-state index in [9.17, 15) is 4.79 Å². The summed E-state index contributed by atoms with van der Waals surface area (Å²) in [4.78, 5) is 14.5. The first-order valence-corrected chi connectivity index (χ1v) is 10.5. The Morgan fingerprint density at radius 2 is 1.69 bits per heavy atom. The van der Waals surface area contributed by atoms with E-state index in [0.29, 0.717) is 11.8 Å². The Balaban J connectivity index is 1.39. The van der Waals surface area contributed by atoms with Crippen molar-refractivity contribution in [2.45, 2.75) is 50.4 Å². The molecule has 1 aliphatic carbocycles. The van der Waals surface area contributed by atoms with Gasteiger partial charge in [0.1, 0.15) is 10.0 Å². The molecule has 2 aliphatic rings. The quantitative estimate of drug-likeness (QED) is 0.741. The summed E-state index contributed by atoms with van der Waals surface area (Å²) in [7, 11) is 0. The van der Waals surface area contributed by atoms with Crippen molar-refractivity contribution in [3.05, 3.63) is 52.0 Å². The second kappa shape index (κ2) is 8.12. The molecular weight excluding hydrogens is 342 g/mol. The van der Waals surface area contributed by atoms with E-state index in [2.05, 4.69) is 10.2 Å². The molecule has 1 aromatic heterocycles. The number of benzene rings is 1. The second-order valence-corrected chi connectivity index (χ2v) is 8.37. The lowest BCUT2D eigenvalue weighted by molar-refractivity contribution is -0.127. The minimum Gasteiger partial charge on any atom is -0.338 e. The number of piperidine rings is 1. The Bertz CT molecular complexity index is 765. The molecule has 1 unspecified atom stereocenters. The number of aromatic nitrogens is 2. The van der Waals surface area contributed by atoms with Crippen LogP contribution in [0.25, 0.3) is 6.08 Å². The highest BCUT2D eigenvalue weighted by atomic mass is 32.1. The first-order chi connectivity index (χ1) is 12.8. The number of nitrogens with zero attached hydrogens (tertiary/aromatic N) is 3. The van der Waals surface area contributed by atoms with Gasteiger partial charge in [0.05, 0.1) is 0 Å². The molecule has 0 N–H and O–H groups in total. The van der Waals surface area contributed by atoms with Gasteiger partial charge in [0.15, 0.2) is 0 Å². The van der Waals surface area contributed by atoms with Gasteiger partial charge in [0.25, 0.3) is 0 Å². The molecule has 26 heavy (non-hydrogen) atoms. The normalized spacial score (nSPS) is 21.5. The van der Waals surface area contributed by atoms with E-state index in [4.69, 9.17) is 0 Å². The van der Waals surface area contributed by atoms with Crippen LogP contribution in [0.2, 0.25) is 0 Å². The molecule has 4 rings (SSSR count). The van der Waals surface area contributed by atoms with E-state index in [0.717, 1.165) is 36.5 Å². The Kier molecular flexibility index (Phi) is 5.44. The van der Waals surface area contributed by atoms with Gasteiger partial charge in [-0.25, -0.2) is 0 Å². The minimum atomic E-state index is 0.0964. The first-order valence-electron chi connectivity index (χ1n) is 9.65. The highest BCUT2D eigenvalue weighted by molar-refractivity contribution is 7.11. The zero-order valence-corrected chi connectivity index (χ0v) is 15.8. The average Bonchev–Trinajstić information content (AvgIpc) is 3.38. The van der Waals surface area contributed by atoms with Crippen molar-refractivity contribution in [2.75, 3.05) is 13.1 Å². The molecular formula is C21H25N3OS. The summed E-state index contributed by atoms with van der Waals surface area (Å²) in [5, 5.41) is 11.3. The molecule has 0 spiro atoms. The highest BCUT2D eigenvalue weighted by Gasteiger charge is 2.28. The third-order valence-electron chi connectivity index (χ3n) is 5.46. The lowest BCUT2D eigenvalue weighted by Crippen LogP contribution is -2.38. The van der Waals surface area contributed by atoms with E-state index in [1.807, 2.05) is 41.3 Å². The van der Waals surface area contributed by atoms with Crippen molar-refractivity contribution in [1.29, 1.82) is 0 Å². The molecule has 2 aromatic rings. The fourth-order valence-electron chi connectivity index (χ4n) is 3.97. The maximum Gasteiger partial charge on any atom is 0.246 e. The van der Waals surface area contributed by atoms with Crippen LogP contribution in [0.15, 0.2) is 36.4 Å². The van der Waals surface area contributed by atoms with Crippen LogP contribution in [0.4, 0.5) is 0 Å². The largest absolute Gasteiger partial charge is 0.338 e. The first kappa shape index (κ1) is 17.4. The van der Waals surface area contributed by atoms with E-state index >= 15 is 0 Å². The Hall–Kier alpha value is -2.01. The van der Waals surface area contributed by atoms with Crippen LogP contribution in [-0.4, -0.2) is 34.1 Å². The zero-order chi connectivity index (χ0) is 17.8. The number of carbonyl (C=O) groups is 1. The highest BCUT2D eigenvalue weighted by Crippen LogP contribution is 2.38. The Morgan fingerprint density at radius 1 is 1.00 bits per heavy atom. The summed E-state index contributed by atoms with van der Waals surface area (Å²) >= 11 is 1.78. The molecule has 1 atom stereocenters. The van der Waals surface area contributed by atoms with Crippen molar-refractivity contribution in [3.8, 4) is 0 Å². The van der Waals surface area contributed by atoms with Crippen LogP contribution in [0.3, 0.4) is 0 Å². The van der Waals surface area contributed by atoms with Gasteiger partial charge in [-0.1, -0.05) is 43.2 Å². The van der Waals surface area contributed by atoms with Crippen molar-refractivity contribution in [1.82, 2.24) is 15.1 Å². The topological polar surface area (TPSA) is 46.1 Å². The molecule has 0 bridgehead atoms. The van der Waals surface area contributed by atoms with Crippen LogP contribution in [-0.2, 0) is 4.79 Å². The van der Waals surface area contributed by atoms with E-state index in [1.165, 1.54) is 30.7 Å². The molecule has 1 saturated heterocycles. The van der Waals surface area contributed by atoms with Crippen LogP contribution in [0.1, 0.15) is 65.9 Å². The predicted octanol–water partition coefficient (Wildman–Crippen LogP) is 4.62. The van der Waals surface area contributed by atoms with Crippen molar-refractivity contribution in [2.24, 2.45) is 0 Å². The van der Waals surface area contributed by atoms with Crippen molar-refractivity contribution < 1.29 is 4.79 Å². The van der Waals surface area contributed by atoms with Gasteiger partial charge in [-0.3, -0.25) is 4.79 Å². The lowest BCUT2D eigenvalue weighted by atomic mass is 9.99. The molecule has 0 radical (unpaired) electrons. The van der Waals surface area contributed by atoms with Gasteiger partial charge in [0.2, 0.25) is 5.91 Å². The maximum atomic E-state index is 12.6. The summed E-state index contributed by atoms with van der Waals surface area (Å²) in [6, 6.07) is 9.97. The van der Waals surface area contributed by atoms with E-state index in [1.54, 1.807) is 17.4 Å². The summed E-state index contributed by atoms with van der Waals surface area (Å²) in [5.74, 6) is 1.06. The lowest BCUT2D eigenvalue weighted by Gasteiger charge is -2.30. The number of carbonyl (C=O) groups excluding carboxylic acids is 1. The average molecular weight is 368 g/mol. The summed E-state index contributed by atoms with van der Waals surface area (Å²) < 4.78 is 0. The van der Waals surface area contributed by atoms with Gasteiger partial charge in [-0.2, -0.15) is 0 Å². The van der Waals surface area contributed by atoms with E-state index in [-0.39, 0.29) is 5.91 Å². The zero-order valence-electron chi connectivity index (χ0n) is 15.0. The second-order valence-electron chi connectivity index (χ2n) is 7.33. The van der Waals surface area contributed by atoms with Gasteiger partial charge in [0, 0.05) is 31.0 Å². The van der Waals surface area contributed by atoms with Gasteiger partial charge >= 0.3 is 0 Å². The van der Waals surface area contributed by atoms with Crippen LogP contribution in [0.5, 0.6) is 0 Å². The predicted molar refractivity (Wildman–Crippen MR) is 105 cm³/mol. The minimum absolute atomic E-state index is 0.0964. The standard InChI is InChI=1S/C21H25N3OS/c25-19(13-12-16-7-2-1-3-8-16)24-14-6-11-18(15-24)21-23-22-20(26-21)17-9-4-5-10-17/h1-3,7-8,12-13,17-18H,4-6,9-11,14-15H2/b13-12-. The molecule has 1 saturated carbocycles. The molecule has 4 nitrogen and oxygen atoms in total. The van der Waals surface area contributed by atoms with Crippen LogP contribution >= 0.6 is 11.3 Å². The van der Waals surface area contributed by atoms with Gasteiger partial charge in [-0.15, -0.1) is 21.5 Å². The molecule has 1 amide bonds. The summed E-state index contributed by atoms with van der Waals surface area (Å²) in [6.07, 6.45) is 10.9. The van der Waals surface area contributed by atoms with Gasteiger partial charge in [-0.05, 0) is 37.3 Å². The third-order valence-corrected chi connectivity index (χ3v) is 6.71. The fourth-order valence-corrected chi connectivity index (χ4v) is 5.10. The summed E-state index contributed by atoms with van der Waals surface area (Å²) in [6.45, 7) is 1.60. The summed E-state index contributed by atoms with van der Waals surface area (Å²) in [5.41, 5.74) is 1.06. The molecule has 1 aliphatic heterocycles. The SMILES string of the molecule is O=C(/C=C\c1ccccc1)N1CCCC(c2nnc(C3CCCC3)s2)C1. The number of hydrogen-bond acceptors (Lipinski definition) is 4. The molecule has 2 fully saturated rings. The number of hydrogen-bond donors (Lipinski definition) is 0. The Labute approximate surface area is 159 Å². The molecule has 2 heterocycles. The van der Waals surface area contributed by atoms with Crippen LogP contribution in [0, 0.1) is 0 Å². The third kappa shape index (κ3) is 4.04. The fraction of sp³-hybridized carbons (Fsp3) is 0.476. The smallest absolute Gasteiger partial charge is 0.246 e. The molecule has 5 heteroatoms.